The van der Waals surface area contributed by atoms with Crippen molar-refractivity contribution in [3.05, 3.63) is 42.7 Å². The van der Waals surface area contributed by atoms with Gasteiger partial charge in [0, 0.05) is 36.3 Å². The molecule has 0 bridgehead atoms. The van der Waals surface area contributed by atoms with Crippen LogP contribution in [0, 0.1) is 38.9 Å². The number of rotatable bonds is 13. The highest BCUT2D eigenvalue weighted by Crippen LogP contribution is 2.88. The second-order valence-electron chi connectivity index (χ2n) is 19.2. The van der Waals surface area contributed by atoms with Gasteiger partial charge in [0.1, 0.15) is 12.1 Å². The predicted octanol–water partition coefficient (Wildman–Crippen LogP) is 4.85. The number of nitrogens with one attached hydrogen (secondary N) is 3. The normalized spacial score (nSPS) is 30.5. The number of fused-ring (bicyclic) bond motifs is 1. The maximum absolute atomic E-state index is 15.1. The Labute approximate surface area is 325 Å². The molecule has 0 aromatic carbocycles. The van der Waals surface area contributed by atoms with Crippen LogP contribution in [0.4, 0.5) is 0 Å². The molecule has 0 radical (unpaired) electrons. The fourth-order valence-electron chi connectivity index (χ4n) is 11.1. The van der Waals surface area contributed by atoms with Crippen molar-refractivity contribution in [3.63, 3.8) is 0 Å². The highest BCUT2D eigenvalue weighted by atomic mass is 32.2. The molecule has 1 saturated heterocycles. The topological polar surface area (TPSA) is 172 Å². The van der Waals surface area contributed by atoms with E-state index in [9.17, 15) is 27.6 Å². The Morgan fingerprint density at radius 2 is 1.60 bits per heavy atom. The van der Waals surface area contributed by atoms with Crippen molar-refractivity contribution in [2.75, 3.05) is 6.54 Å². The first-order chi connectivity index (χ1) is 25.8. The van der Waals surface area contributed by atoms with Gasteiger partial charge in [-0.05, 0) is 91.6 Å². The van der Waals surface area contributed by atoms with Crippen LogP contribution in [0.5, 0.6) is 0 Å². The third-order valence-electron chi connectivity index (χ3n) is 15.1. The van der Waals surface area contributed by atoms with Crippen LogP contribution in [-0.4, -0.2) is 77.6 Å². The molecule has 6 aliphatic rings. The van der Waals surface area contributed by atoms with Crippen LogP contribution in [0.3, 0.4) is 0 Å². The van der Waals surface area contributed by atoms with Gasteiger partial charge in [-0.3, -0.25) is 33.7 Å². The standard InChI is InChI=1S/C42H59N5O7S/c1-7-28-22-40(28,37(52)46-55(53,54)29-14-15-29)24-31(48)30-23-42(39(5,6)41(42)18-11-19-41)25-47(30)36(51)33(38(2,3)4)45-35(50)32(26-12-9-8-10-13-26)44-34(49)27-16-20-43-21-17-27/h7,16-17,20-21,26,28-30,32-33H,1,8-15,18-19,22-25H2,2-6H3,(H,44,49)(H,45,50)(H,46,52)/t28-,30+,32+,33-,40-,42-/m1/s1. The molecule has 1 aromatic heterocycles. The molecular weight excluding hydrogens is 719 g/mol. The van der Waals surface area contributed by atoms with Gasteiger partial charge in [-0.1, -0.05) is 66.4 Å². The molecule has 300 valence electrons. The van der Waals surface area contributed by atoms with E-state index in [1.165, 1.54) is 12.4 Å². The van der Waals surface area contributed by atoms with Crippen molar-refractivity contribution >= 4 is 39.4 Å². The van der Waals surface area contributed by atoms with Crippen LogP contribution in [0.2, 0.25) is 0 Å². The van der Waals surface area contributed by atoms with E-state index in [1.807, 2.05) is 20.8 Å². The average Bonchev–Trinajstić information content (AvgIpc) is 4.07. The summed E-state index contributed by atoms with van der Waals surface area (Å²) in [5, 5.41) is 5.49. The van der Waals surface area contributed by atoms with Crippen LogP contribution in [-0.2, 0) is 29.2 Å². The number of carbonyl (C=O) groups excluding carboxylic acids is 5. The van der Waals surface area contributed by atoms with E-state index in [0.717, 1.165) is 51.4 Å². The predicted molar refractivity (Wildman–Crippen MR) is 207 cm³/mol. The van der Waals surface area contributed by atoms with Crippen molar-refractivity contribution in [1.29, 1.82) is 0 Å². The van der Waals surface area contributed by atoms with E-state index in [-0.39, 0.29) is 52.1 Å². The third kappa shape index (κ3) is 6.63. The van der Waals surface area contributed by atoms with Crippen molar-refractivity contribution in [2.45, 2.75) is 141 Å². The van der Waals surface area contributed by atoms with Gasteiger partial charge in [0.05, 0.1) is 16.7 Å². The zero-order chi connectivity index (χ0) is 39.8. The van der Waals surface area contributed by atoms with Crippen molar-refractivity contribution in [3.8, 4) is 0 Å². The minimum atomic E-state index is -3.83. The van der Waals surface area contributed by atoms with Crippen LogP contribution in [0.15, 0.2) is 37.2 Å². The largest absolute Gasteiger partial charge is 0.342 e. The van der Waals surface area contributed by atoms with Gasteiger partial charge in [0.25, 0.3) is 5.91 Å². The molecule has 6 atom stereocenters. The van der Waals surface area contributed by atoms with Gasteiger partial charge in [-0.2, -0.15) is 0 Å². The summed E-state index contributed by atoms with van der Waals surface area (Å²) in [6, 6.07) is 0.471. The first-order valence-electron chi connectivity index (χ1n) is 20.4. The number of pyridine rings is 1. The SMILES string of the molecule is C=C[C@@H]1C[C@]1(CC(=O)[C@@H]1C[C@@]2(CN1C(=O)[C@@H](NC(=O)[C@@H](NC(=O)c1ccncc1)C1CCCCC1)C(C)(C)C)C(C)(C)C21CCC1)C(=O)NS(=O)(=O)C1CC1. The molecule has 5 aliphatic carbocycles. The number of carbonyl (C=O) groups is 5. The summed E-state index contributed by atoms with van der Waals surface area (Å²) in [5.74, 6) is -2.58. The Morgan fingerprint density at radius 1 is 0.945 bits per heavy atom. The van der Waals surface area contributed by atoms with E-state index in [1.54, 1.807) is 23.1 Å². The van der Waals surface area contributed by atoms with Gasteiger partial charge in [-0.25, -0.2) is 8.42 Å². The van der Waals surface area contributed by atoms with Crippen molar-refractivity contribution in [2.24, 2.45) is 38.9 Å². The highest BCUT2D eigenvalue weighted by Gasteiger charge is 2.85. The lowest BCUT2D eigenvalue weighted by atomic mass is 9.73. The van der Waals surface area contributed by atoms with E-state index in [2.05, 4.69) is 40.8 Å². The maximum Gasteiger partial charge on any atom is 0.252 e. The molecule has 12 nitrogen and oxygen atoms in total. The van der Waals surface area contributed by atoms with Gasteiger partial charge in [0.15, 0.2) is 5.78 Å². The number of hydrogen-bond donors (Lipinski definition) is 3. The van der Waals surface area contributed by atoms with Gasteiger partial charge < -0.3 is 15.5 Å². The van der Waals surface area contributed by atoms with Crippen LogP contribution in [0.25, 0.3) is 0 Å². The molecule has 1 aliphatic heterocycles. The molecule has 1 aromatic rings. The fraction of sp³-hybridized carbons (Fsp3) is 0.714. The Bertz CT molecular complexity index is 1860. The lowest BCUT2D eigenvalue weighted by molar-refractivity contribution is -0.144. The maximum atomic E-state index is 15.1. The molecular formula is C42H59N5O7S. The number of likely N-dealkylation sites (tertiary alicyclic amines) is 1. The smallest absolute Gasteiger partial charge is 0.252 e. The van der Waals surface area contributed by atoms with Crippen LogP contribution >= 0.6 is 0 Å². The number of ketones is 1. The number of nitrogens with zero attached hydrogens (tertiary/aromatic N) is 2. The molecule has 0 unspecified atom stereocenters. The molecule has 4 amide bonds. The summed E-state index contributed by atoms with van der Waals surface area (Å²) in [6.45, 7) is 14.4. The fourth-order valence-corrected chi connectivity index (χ4v) is 12.4. The zero-order valence-electron chi connectivity index (χ0n) is 33.1. The minimum absolute atomic E-state index is 0.00793. The molecule has 2 heterocycles. The molecule has 2 spiro atoms. The summed E-state index contributed by atoms with van der Waals surface area (Å²) in [7, 11) is -3.83. The monoisotopic (exact) mass is 777 g/mol. The quantitative estimate of drug-likeness (QED) is 0.239. The number of Topliss-reactive ketones (excluding diaryl/α,β-unsaturated/α-hetero) is 1. The Hall–Kier alpha value is -3.61. The summed E-state index contributed by atoms with van der Waals surface area (Å²) < 4.78 is 27.9. The Balaban J connectivity index is 1.16. The molecule has 7 rings (SSSR count). The highest BCUT2D eigenvalue weighted by molar-refractivity contribution is 7.90. The molecule has 13 heteroatoms. The van der Waals surface area contributed by atoms with E-state index in [4.69, 9.17) is 0 Å². The molecule has 55 heavy (non-hydrogen) atoms. The van der Waals surface area contributed by atoms with E-state index >= 15 is 4.79 Å². The Kier molecular flexibility index (Phi) is 9.94. The van der Waals surface area contributed by atoms with E-state index < -0.39 is 56.0 Å². The number of hydrogen-bond acceptors (Lipinski definition) is 8. The first-order valence-corrected chi connectivity index (χ1v) is 21.9. The first kappa shape index (κ1) is 39.6. The zero-order valence-corrected chi connectivity index (χ0v) is 33.9. The summed E-state index contributed by atoms with van der Waals surface area (Å²) >= 11 is 0. The summed E-state index contributed by atoms with van der Waals surface area (Å²) in [5.41, 5.74) is -2.02. The lowest BCUT2D eigenvalue weighted by Gasteiger charge is -2.38. The van der Waals surface area contributed by atoms with Crippen molar-refractivity contribution in [1.82, 2.24) is 25.2 Å². The van der Waals surface area contributed by atoms with Crippen molar-refractivity contribution < 1.29 is 32.4 Å². The molecule has 5 saturated carbocycles. The van der Waals surface area contributed by atoms with Gasteiger partial charge >= 0.3 is 0 Å². The number of aromatic nitrogens is 1. The minimum Gasteiger partial charge on any atom is -0.342 e. The van der Waals surface area contributed by atoms with Gasteiger partial charge in [0.2, 0.25) is 27.7 Å². The molecule has 6 fully saturated rings. The van der Waals surface area contributed by atoms with Crippen LogP contribution in [0.1, 0.15) is 128 Å². The second-order valence-corrected chi connectivity index (χ2v) is 21.2. The third-order valence-corrected chi connectivity index (χ3v) is 16.9. The van der Waals surface area contributed by atoms with Gasteiger partial charge in [-0.15, -0.1) is 6.58 Å². The van der Waals surface area contributed by atoms with Crippen LogP contribution < -0.4 is 15.4 Å². The number of amides is 4. The summed E-state index contributed by atoms with van der Waals surface area (Å²) in [6.07, 6.45) is 13.9. The molecule has 3 N–H and O–H groups in total. The second kappa shape index (κ2) is 13.8. The average molecular weight is 778 g/mol. The lowest BCUT2D eigenvalue weighted by Crippen LogP contribution is -2.61. The number of allylic oxidation sites excluding steroid dienone is 1. The van der Waals surface area contributed by atoms with E-state index in [0.29, 0.717) is 37.8 Å². The number of sulfonamides is 1. The summed E-state index contributed by atoms with van der Waals surface area (Å²) in [4.78, 5) is 77.0. The Morgan fingerprint density at radius 3 is 2.13 bits per heavy atom.